The standard InChI is InChI=1S/C18H18O5/c1-11-7-8-13(19)12(9-11)14(20)10-15(21)18-16(22-2)5-4-6-17(18)23-3/h4-9,19H,10H2,1-3H3. The number of phenols is 1. The van der Waals surface area contributed by atoms with E-state index in [1.54, 1.807) is 37.3 Å². The van der Waals surface area contributed by atoms with Crippen LogP contribution in [0.25, 0.3) is 0 Å². The molecule has 0 aromatic heterocycles. The molecule has 2 aromatic carbocycles. The molecule has 0 radical (unpaired) electrons. The van der Waals surface area contributed by atoms with Crippen LogP contribution in [0.5, 0.6) is 17.2 Å². The van der Waals surface area contributed by atoms with Crippen molar-refractivity contribution in [3.8, 4) is 17.2 Å². The highest BCUT2D eigenvalue weighted by molar-refractivity contribution is 6.16. The first-order valence-electron chi connectivity index (χ1n) is 7.05. The minimum Gasteiger partial charge on any atom is -0.507 e. The van der Waals surface area contributed by atoms with E-state index in [0.717, 1.165) is 5.56 Å². The van der Waals surface area contributed by atoms with Gasteiger partial charge in [-0.2, -0.15) is 0 Å². The molecule has 0 aliphatic rings. The molecular formula is C18H18O5. The van der Waals surface area contributed by atoms with Crippen molar-refractivity contribution in [1.29, 1.82) is 0 Å². The van der Waals surface area contributed by atoms with E-state index in [2.05, 4.69) is 0 Å². The number of ketones is 2. The first-order chi connectivity index (χ1) is 11.0. The molecule has 120 valence electrons. The molecule has 1 N–H and O–H groups in total. The van der Waals surface area contributed by atoms with Gasteiger partial charge in [0.2, 0.25) is 0 Å². The van der Waals surface area contributed by atoms with Crippen LogP contribution in [-0.4, -0.2) is 30.9 Å². The van der Waals surface area contributed by atoms with Gasteiger partial charge in [-0.3, -0.25) is 9.59 Å². The Labute approximate surface area is 134 Å². The van der Waals surface area contributed by atoms with Crippen LogP contribution < -0.4 is 9.47 Å². The molecule has 0 amide bonds. The van der Waals surface area contributed by atoms with Crippen LogP contribution >= 0.6 is 0 Å². The number of benzene rings is 2. The zero-order valence-electron chi connectivity index (χ0n) is 13.3. The van der Waals surface area contributed by atoms with Crippen LogP contribution in [0.3, 0.4) is 0 Å². The molecule has 0 atom stereocenters. The summed E-state index contributed by atoms with van der Waals surface area (Å²) in [4.78, 5) is 24.9. The topological polar surface area (TPSA) is 72.8 Å². The average Bonchev–Trinajstić information content (AvgIpc) is 2.55. The van der Waals surface area contributed by atoms with Gasteiger partial charge < -0.3 is 14.6 Å². The monoisotopic (exact) mass is 314 g/mol. The molecule has 0 fully saturated rings. The van der Waals surface area contributed by atoms with E-state index in [0.29, 0.717) is 11.5 Å². The van der Waals surface area contributed by atoms with E-state index < -0.39 is 11.6 Å². The predicted octanol–water partition coefficient (Wildman–Crippen LogP) is 3.17. The van der Waals surface area contributed by atoms with Crippen molar-refractivity contribution in [2.75, 3.05) is 14.2 Å². The van der Waals surface area contributed by atoms with Crippen LogP contribution in [-0.2, 0) is 0 Å². The van der Waals surface area contributed by atoms with Crippen molar-refractivity contribution in [3.63, 3.8) is 0 Å². The Morgan fingerprint density at radius 2 is 1.61 bits per heavy atom. The van der Waals surface area contributed by atoms with Gasteiger partial charge in [0.15, 0.2) is 11.6 Å². The van der Waals surface area contributed by atoms with E-state index >= 15 is 0 Å². The van der Waals surface area contributed by atoms with Crippen molar-refractivity contribution >= 4 is 11.6 Å². The van der Waals surface area contributed by atoms with E-state index in [9.17, 15) is 14.7 Å². The summed E-state index contributed by atoms with van der Waals surface area (Å²) in [6.07, 6.45) is -0.381. The second-order valence-corrected chi connectivity index (χ2v) is 5.08. The summed E-state index contributed by atoms with van der Waals surface area (Å²) in [7, 11) is 2.89. The second-order valence-electron chi connectivity index (χ2n) is 5.08. The van der Waals surface area contributed by atoms with Crippen LogP contribution in [0.2, 0.25) is 0 Å². The molecule has 0 aliphatic heterocycles. The molecular weight excluding hydrogens is 296 g/mol. The Balaban J connectivity index is 2.32. The molecule has 0 saturated heterocycles. The molecule has 2 rings (SSSR count). The van der Waals surface area contributed by atoms with Crippen molar-refractivity contribution in [3.05, 3.63) is 53.1 Å². The highest BCUT2D eigenvalue weighted by atomic mass is 16.5. The van der Waals surface area contributed by atoms with Crippen molar-refractivity contribution in [1.82, 2.24) is 0 Å². The predicted molar refractivity (Wildman–Crippen MR) is 85.7 cm³/mol. The molecule has 0 spiro atoms. The minimum absolute atomic E-state index is 0.132. The number of hydrogen-bond donors (Lipinski definition) is 1. The van der Waals surface area contributed by atoms with Gasteiger partial charge in [-0.05, 0) is 31.2 Å². The number of carbonyl (C=O) groups is 2. The fourth-order valence-electron chi connectivity index (χ4n) is 2.33. The number of ether oxygens (including phenoxy) is 2. The summed E-state index contributed by atoms with van der Waals surface area (Å²) in [5.41, 5.74) is 1.18. The SMILES string of the molecule is COc1cccc(OC)c1C(=O)CC(=O)c1cc(C)ccc1O. The lowest BCUT2D eigenvalue weighted by Gasteiger charge is -2.12. The summed E-state index contributed by atoms with van der Waals surface area (Å²) >= 11 is 0. The summed E-state index contributed by atoms with van der Waals surface area (Å²) in [5.74, 6) is -0.332. The minimum atomic E-state index is -0.454. The Morgan fingerprint density at radius 3 is 2.17 bits per heavy atom. The van der Waals surface area contributed by atoms with Crippen LogP contribution in [0, 0.1) is 6.92 Å². The lowest BCUT2D eigenvalue weighted by Crippen LogP contribution is -2.11. The van der Waals surface area contributed by atoms with Gasteiger partial charge in [-0.15, -0.1) is 0 Å². The average molecular weight is 314 g/mol. The van der Waals surface area contributed by atoms with Crippen LogP contribution in [0.1, 0.15) is 32.7 Å². The smallest absolute Gasteiger partial charge is 0.178 e. The lowest BCUT2D eigenvalue weighted by molar-refractivity contribution is 0.0890. The molecule has 0 saturated carbocycles. The van der Waals surface area contributed by atoms with E-state index in [1.807, 2.05) is 0 Å². The highest BCUT2D eigenvalue weighted by Crippen LogP contribution is 2.30. The van der Waals surface area contributed by atoms with E-state index in [1.165, 1.54) is 20.3 Å². The first-order valence-corrected chi connectivity index (χ1v) is 7.05. The largest absolute Gasteiger partial charge is 0.507 e. The maximum absolute atomic E-state index is 12.5. The molecule has 0 aliphatic carbocycles. The molecule has 5 heteroatoms. The summed E-state index contributed by atoms with van der Waals surface area (Å²) < 4.78 is 10.4. The zero-order chi connectivity index (χ0) is 17.0. The third-order valence-electron chi connectivity index (χ3n) is 3.48. The van der Waals surface area contributed by atoms with Gasteiger partial charge in [0.05, 0.1) is 26.2 Å². The number of hydrogen-bond acceptors (Lipinski definition) is 5. The van der Waals surface area contributed by atoms with Gasteiger partial charge in [0.25, 0.3) is 0 Å². The molecule has 2 aromatic rings. The van der Waals surface area contributed by atoms with Gasteiger partial charge in [0, 0.05) is 0 Å². The quantitative estimate of drug-likeness (QED) is 0.655. The second kappa shape index (κ2) is 6.96. The van der Waals surface area contributed by atoms with Crippen molar-refractivity contribution < 1.29 is 24.2 Å². The van der Waals surface area contributed by atoms with Crippen LogP contribution in [0.15, 0.2) is 36.4 Å². The number of aromatic hydroxyl groups is 1. The zero-order valence-corrected chi connectivity index (χ0v) is 13.3. The van der Waals surface area contributed by atoms with Crippen LogP contribution in [0.4, 0.5) is 0 Å². The van der Waals surface area contributed by atoms with Crippen molar-refractivity contribution in [2.24, 2.45) is 0 Å². The third-order valence-corrected chi connectivity index (χ3v) is 3.48. The molecule has 0 bridgehead atoms. The van der Waals surface area contributed by atoms with E-state index in [-0.39, 0.29) is 23.3 Å². The number of methoxy groups -OCH3 is 2. The van der Waals surface area contributed by atoms with Gasteiger partial charge in [-0.1, -0.05) is 17.7 Å². The molecule has 0 unspecified atom stereocenters. The Kier molecular flexibility index (Phi) is 5.01. The van der Waals surface area contributed by atoms with E-state index in [4.69, 9.17) is 9.47 Å². The lowest BCUT2D eigenvalue weighted by atomic mass is 9.98. The number of aryl methyl sites for hydroxylation is 1. The number of Topliss-reactive ketones (excluding diaryl/α,β-unsaturated/α-hetero) is 2. The maximum Gasteiger partial charge on any atom is 0.178 e. The van der Waals surface area contributed by atoms with Crippen molar-refractivity contribution in [2.45, 2.75) is 13.3 Å². The summed E-state index contributed by atoms with van der Waals surface area (Å²) in [6.45, 7) is 1.81. The van der Waals surface area contributed by atoms with Gasteiger partial charge >= 0.3 is 0 Å². The number of rotatable bonds is 6. The Morgan fingerprint density at radius 1 is 1.00 bits per heavy atom. The Bertz CT molecular complexity index is 727. The molecule has 5 nitrogen and oxygen atoms in total. The summed E-state index contributed by atoms with van der Waals surface area (Å²) in [5, 5.41) is 9.81. The maximum atomic E-state index is 12.5. The van der Waals surface area contributed by atoms with Gasteiger partial charge in [0.1, 0.15) is 22.8 Å². The summed E-state index contributed by atoms with van der Waals surface area (Å²) in [6, 6.07) is 9.65. The fourth-order valence-corrected chi connectivity index (χ4v) is 2.33. The normalized spacial score (nSPS) is 10.2. The Hall–Kier alpha value is -2.82. The highest BCUT2D eigenvalue weighted by Gasteiger charge is 2.22. The molecule has 0 heterocycles. The number of phenolic OH excluding ortho intramolecular Hbond substituents is 1. The number of carbonyl (C=O) groups excluding carboxylic acids is 2. The first kappa shape index (κ1) is 16.5. The third kappa shape index (κ3) is 3.51. The van der Waals surface area contributed by atoms with Gasteiger partial charge in [-0.25, -0.2) is 0 Å². The molecule has 23 heavy (non-hydrogen) atoms. The fraction of sp³-hybridized carbons (Fsp3) is 0.222.